The summed E-state index contributed by atoms with van der Waals surface area (Å²) in [6.45, 7) is 0.334. The number of ether oxygens (including phenoxy) is 2. The number of benzene rings is 2. The van der Waals surface area contributed by atoms with E-state index in [9.17, 15) is 9.90 Å². The van der Waals surface area contributed by atoms with E-state index in [4.69, 9.17) is 26.2 Å². The first-order valence-electron chi connectivity index (χ1n) is 10.9. The van der Waals surface area contributed by atoms with Gasteiger partial charge in [0.25, 0.3) is 0 Å². The number of aliphatic hydroxyl groups excluding tert-OH is 2. The minimum absolute atomic E-state index is 0.0212. The first-order chi connectivity index (χ1) is 15.1. The maximum atomic E-state index is 11.4. The summed E-state index contributed by atoms with van der Waals surface area (Å²) in [4.78, 5) is 11.4. The van der Waals surface area contributed by atoms with Gasteiger partial charge in [0.1, 0.15) is 12.4 Å². The third-order valence-electron chi connectivity index (χ3n) is 5.82. The lowest BCUT2D eigenvalue weighted by Gasteiger charge is -2.22. The maximum absolute atomic E-state index is 11.4. The second-order valence-corrected chi connectivity index (χ2v) is 8.57. The zero-order valence-corrected chi connectivity index (χ0v) is 18.4. The van der Waals surface area contributed by atoms with Crippen LogP contribution in [0.3, 0.4) is 0 Å². The van der Waals surface area contributed by atoms with Gasteiger partial charge in [0.2, 0.25) is 0 Å². The Hall–Kier alpha value is -2.08. The van der Waals surface area contributed by atoms with E-state index in [-0.39, 0.29) is 36.4 Å². The van der Waals surface area contributed by atoms with Gasteiger partial charge < -0.3 is 19.7 Å². The monoisotopic (exact) mass is 446 g/mol. The molecule has 2 N–H and O–H groups in total. The number of alkyl halides is 1. The number of allylic oxidation sites excluding steroid dienone is 2. The van der Waals surface area contributed by atoms with Crippen LogP contribution in [-0.2, 0) is 9.53 Å². The minimum Gasteiger partial charge on any atom is -0.493 e. The fourth-order valence-electron chi connectivity index (χ4n) is 4.11. The lowest BCUT2D eigenvalue weighted by Crippen LogP contribution is -2.27. The third kappa shape index (κ3) is 6.96. The van der Waals surface area contributed by atoms with Crippen LogP contribution in [0.15, 0.2) is 54.6 Å². The van der Waals surface area contributed by atoms with Crippen LogP contribution in [0.1, 0.15) is 32.1 Å². The van der Waals surface area contributed by atoms with Crippen molar-refractivity contribution in [2.45, 2.75) is 43.6 Å². The van der Waals surface area contributed by atoms with Crippen LogP contribution in [0.25, 0.3) is 10.8 Å². The summed E-state index contributed by atoms with van der Waals surface area (Å²) in [5, 5.41) is 21.3. The highest BCUT2D eigenvalue weighted by Gasteiger charge is 2.41. The van der Waals surface area contributed by atoms with Crippen molar-refractivity contribution in [3.63, 3.8) is 0 Å². The van der Waals surface area contributed by atoms with Gasteiger partial charge in [-0.15, -0.1) is 11.6 Å². The molecule has 0 saturated heterocycles. The largest absolute Gasteiger partial charge is 0.493 e. The number of unbranched alkanes of at least 4 members (excludes halogenated alkanes) is 1. The van der Waals surface area contributed by atoms with E-state index >= 15 is 0 Å². The molecule has 0 radical (unpaired) electrons. The van der Waals surface area contributed by atoms with Crippen LogP contribution in [-0.4, -0.2) is 47.5 Å². The van der Waals surface area contributed by atoms with Gasteiger partial charge >= 0.3 is 5.97 Å². The highest BCUT2D eigenvalue weighted by Crippen LogP contribution is 2.39. The smallest absolute Gasteiger partial charge is 0.305 e. The zero-order valence-electron chi connectivity index (χ0n) is 17.7. The van der Waals surface area contributed by atoms with Crippen LogP contribution in [0, 0.1) is 11.8 Å². The second-order valence-electron chi connectivity index (χ2n) is 8.01. The van der Waals surface area contributed by atoms with Gasteiger partial charge in [-0.05, 0) is 54.5 Å². The average molecular weight is 447 g/mol. The Morgan fingerprint density at radius 2 is 1.94 bits per heavy atom. The zero-order chi connectivity index (χ0) is 22.1. The van der Waals surface area contributed by atoms with Crippen molar-refractivity contribution in [3.05, 3.63) is 54.6 Å². The minimum atomic E-state index is -0.470. The Morgan fingerprint density at radius 1 is 1.13 bits per heavy atom. The van der Waals surface area contributed by atoms with Crippen molar-refractivity contribution in [2.24, 2.45) is 11.8 Å². The molecule has 31 heavy (non-hydrogen) atoms. The molecule has 1 saturated carbocycles. The predicted molar refractivity (Wildman–Crippen MR) is 122 cm³/mol. The van der Waals surface area contributed by atoms with Crippen molar-refractivity contribution >= 4 is 28.3 Å². The summed E-state index contributed by atoms with van der Waals surface area (Å²) in [6.07, 6.45) is 6.82. The van der Waals surface area contributed by atoms with E-state index in [0.717, 1.165) is 24.0 Å². The number of aliphatic hydroxyl groups is 2. The number of esters is 1. The molecule has 3 rings (SSSR count). The molecule has 0 aromatic heterocycles. The summed E-state index contributed by atoms with van der Waals surface area (Å²) in [7, 11) is 0. The average Bonchev–Trinajstić information content (AvgIpc) is 3.05. The first-order valence-corrected chi connectivity index (χ1v) is 11.4. The van der Waals surface area contributed by atoms with Crippen LogP contribution >= 0.6 is 11.6 Å². The quantitative estimate of drug-likeness (QED) is 0.230. The highest BCUT2D eigenvalue weighted by molar-refractivity contribution is 6.21. The fraction of sp³-hybridized carbons (Fsp3) is 0.480. The van der Waals surface area contributed by atoms with Gasteiger partial charge in [-0.3, -0.25) is 4.79 Å². The lowest BCUT2D eigenvalue weighted by atomic mass is 9.92. The van der Waals surface area contributed by atoms with E-state index in [1.807, 2.05) is 30.3 Å². The Bertz CT molecular complexity index is 868. The topological polar surface area (TPSA) is 76.0 Å². The standard InChI is InChI=1S/C25H31ClO5/c26-23-16-24(28)22(17-31-20-12-11-18-7-5-6-8-19(18)15-20)21(23)9-3-1-2-4-10-25(29)30-14-13-27/h1,3,5-8,11-12,15,21-24,27-28H,2,4,9-10,13-14,16-17H2/b3-1-/t21-,22-,23-,24-/m1/s1. The molecule has 0 spiro atoms. The van der Waals surface area contributed by atoms with Gasteiger partial charge in [0.05, 0.1) is 19.3 Å². The van der Waals surface area contributed by atoms with Crippen LogP contribution in [0.2, 0.25) is 0 Å². The Labute approximate surface area is 188 Å². The van der Waals surface area contributed by atoms with E-state index in [1.165, 1.54) is 5.39 Å². The number of hydrogen-bond donors (Lipinski definition) is 2. The van der Waals surface area contributed by atoms with Crippen LogP contribution in [0.5, 0.6) is 5.75 Å². The molecule has 0 bridgehead atoms. The van der Waals surface area contributed by atoms with Crippen LogP contribution < -0.4 is 4.74 Å². The summed E-state index contributed by atoms with van der Waals surface area (Å²) in [6, 6.07) is 14.2. The number of fused-ring (bicyclic) bond motifs is 1. The van der Waals surface area contributed by atoms with Crippen molar-refractivity contribution in [1.82, 2.24) is 0 Å². The summed E-state index contributed by atoms with van der Waals surface area (Å²) < 4.78 is 10.9. The van der Waals surface area contributed by atoms with Gasteiger partial charge in [-0.25, -0.2) is 0 Å². The van der Waals surface area contributed by atoms with Gasteiger partial charge in [0.15, 0.2) is 0 Å². The molecule has 1 aliphatic carbocycles. The Morgan fingerprint density at radius 3 is 2.74 bits per heavy atom. The number of hydrogen-bond acceptors (Lipinski definition) is 5. The van der Waals surface area contributed by atoms with Crippen LogP contribution in [0.4, 0.5) is 0 Å². The molecule has 2 aromatic carbocycles. The van der Waals surface area contributed by atoms with E-state index in [2.05, 4.69) is 24.3 Å². The summed E-state index contributed by atoms with van der Waals surface area (Å²) in [5.74, 6) is 0.634. The highest BCUT2D eigenvalue weighted by atomic mass is 35.5. The summed E-state index contributed by atoms with van der Waals surface area (Å²) in [5.41, 5.74) is 0. The molecule has 6 heteroatoms. The molecule has 0 amide bonds. The van der Waals surface area contributed by atoms with Crippen molar-refractivity contribution in [3.8, 4) is 5.75 Å². The molecule has 0 heterocycles. The fourth-order valence-corrected chi connectivity index (χ4v) is 4.58. The molecule has 5 nitrogen and oxygen atoms in total. The summed E-state index contributed by atoms with van der Waals surface area (Å²) >= 11 is 6.53. The molecule has 2 aromatic rings. The molecule has 1 aliphatic rings. The molecule has 4 atom stereocenters. The van der Waals surface area contributed by atoms with Crippen molar-refractivity contribution in [1.29, 1.82) is 0 Å². The molecule has 0 aliphatic heterocycles. The number of carbonyl (C=O) groups excluding carboxylic acids is 1. The van der Waals surface area contributed by atoms with E-state index in [0.29, 0.717) is 25.9 Å². The normalized spacial score (nSPS) is 23.5. The SMILES string of the molecule is O=C(CCC/C=C\C[C@@H]1[C@@H](COc2ccc3ccccc3c2)[C@H](O)C[C@H]1Cl)OCCO. The Balaban J connectivity index is 1.47. The first kappa shape index (κ1) is 23.6. The Kier molecular flexibility index (Phi) is 9.19. The molecule has 168 valence electrons. The lowest BCUT2D eigenvalue weighted by molar-refractivity contribution is -0.144. The third-order valence-corrected chi connectivity index (χ3v) is 6.32. The van der Waals surface area contributed by atoms with Gasteiger partial charge in [-0.1, -0.05) is 42.5 Å². The predicted octanol–water partition coefficient (Wildman–Crippen LogP) is 4.48. The molecular weight excluding hydrogens is 416 g/mol. The maximum Gasteiger partial charge on any atom is 0.305 e. The molecular formula is C25H31ClO5. The second kappa shape index (κ2) is 12.1. The number of carbonyl (C=O) groups is 1. The van der Waals surface area contributed by atoms with Crippen molar-refractivity contribution in [2.75, 3.05) is 19.8 Å². The van der Waals surface area contributed by atoms with E-state index < -0.39 is 6.10 Å². The van der Waals surface area contributed by atoms with Crippen molar-refractivity contribution < 1.29 is 24.5 Å². The van der Waals surface area contributed by atoms with Gasteiger partial charge in [-0.2, -0.15) is 0 Å². The van der Waals surface area contributed by atoms with Gasteiger partial charge in [0, 0.05) is 17.7 Å². The number of rotatable bonds is 11. The number of halogens is 1. The molecule has 1 fully saturated rings. The molecule has 0 unspecified atom stereocenters. The van der Waals surface area contributed by atoms with E-state index in [1.54, 1.807) is 0 Å².